The molecule has 0 N–H and O–H groups in total. The van der Waals surface area contributed by atoms with Crippen molar-refractivity contribution in [1.29, 1.82) is 5.26 Å². The van der Waals surface area contributed by atoms with Crippen LogP contribution >= 0.6 is 11.6 Å². The standard InChI is InChI=1S/C31H19ClN6O/c1-18-7-8-21-11-14-24-25(20-9-12-23(32)13-10-20)26-30-36-29(22(16-33)15-19-5-3-2-4-6-19)37-38(30)17-34-31(26)39-28(24)27(21)35-18/h2-15,17,25H,1H3/b22-15+. The van der Waals surface area contributed by atoms with Gasteiger partial charge in [0.25, 0.3) is 0 Å². The molecule has 8 heteroatoms. The van der Waals surface area contributed by atoms with Crippen LogP contribution in [0.3, 0.4) is 0 Å². The second kappa shape index (κ2) is 9.05. The monoisotopic (exact) mass is 526 g/mol. The molecular weight excluding hydrogens is 508 g/mol. The number of fused-ring (bicyclic) bond motifs is 6. The van der Waals surface area contributed by atoms with Crippen LogP contribution < -0.4 is 4.74 Å². The topological polar surface area (TPSA) is 89.0 Å². The molecule has 1 aliphatic rings. The van der Waals surface area contributed by atoms with Gasteiger partial charge in [-0.05, 0) is 42.3 Å². The summed E-state index contributed by atoms with van der Waals surface area (Å²) in [4.78, 5) is 14.3. The minimum absolute atomic E-state index is 0.274. The van der Waals surface area contributed by atoms with Gasteiger partial charge in [-0.1, -0.05) is 72.3 Å². The van der Waals surface area contributed by atoms with Gasteiger partial charge in [0.05, 0.1) is 11.1 Å². The molecular formula is C31H19ClN6O. The molecule has 0 fully saturated rings. The zero-order valence-electron chi connectivity index (χ0n) is 20.7. The molecule has 6 aromatic rings. The first-order chi connectivity index (χ1) is 19.1. The predicted molar refractivity (Wildman–Crippen MR) is 150 cm³/mol. The summed E-state index contributed by atoms with van der Waals surface area (Å²) in [7, 11) is 0. The number of benzene rings is 3. The molecule has 39 heavy (non-hydrogen) atoms. The van der Waals surface area contributed by atoms with Crippen LogP contribution in [0.2, 0.25) is 5.02 Å². The van der Waals surface area contributed by atoms with Crippen LogP contribution in [0.25, 0.3) is 28.2 Å². The van der Waals surface area contributed by atoms with E-state index in [1.54, 1.807) is 16.9 Å². The molecule has 186 valence electrons. The molecule has 0 amide bonds. The van der Waals surface area contributed by atoms with Crippen molar-refractivity contribution < 1.29 is 4.74 Å². The van der Waals surface area contributed by atoms with Gasteiger partial charge in [0.15, 0.2) is 17.2 Å². The Bertz CT molecular complexity index is 1970. The van der Waals surface area contributed by atoms with Crippen molar-refractivity contribution in [3.63, 3.8) is 0 Å². The number of rotatable bonds is 3. The van der Waals surface area contributed by atoms with Gasteiger partial charge in [-0.3, -0.25) is 0 Å². The minimum Gasteiger partial charge on any atom is -0.436 e. The highest BCUT2D eigenvalue weighted by Gasteiger charge is 2.35. The summed E-state index contributed by atoms with van der Waals surface area (Å²) in [5, 5.41) is 16.2. The molecule has 0 saturated heterocycles. The molecule has 3 aromatic carbocycles. The Balaban J connectivity index is 1.47. The minimum atomic E-state index is -0.274. The Morgan fingerprint density at radius 2 is 1.79 bits per heavy atom. The highest BCUT2D eigenvalue weighted by atomic mass is 35.5. The largest absolute Gasteiger partial charge is 0.436 e. The summed E-state index contributed by atoms with van der Waals surface area (Å²) in [5.74, 6) is 1.13. The number of nitrogens with zero attached hydrogens (tertiary/aromatic N) is 6. The van der Waals surface area contributed by atoms with Gasteiger partial charge >= 0.3 is 0 Å². The van der Waals surface area contributed by atoms with Crippen LogP contribution in [0, 0.1) is 18.3 Å². The lowest BCUT2D eigenvalue weighted by Gasteiger charge is -2.28. The second-order valence-electron chi connectivity index (χ2n) is 9.34. The van der Waals surface area contributed by atoms with Crippen molar-refractivity contribution >= 4 is 39.8 Å². The van der Waals surface area contributed by atoms with E-state index >= 15 is 0 Å². The Morgan fingerprint density at radius 3 is 2.59 bits per heavy atom. The van der Waals surface area contributed by atoms with E-state index in [9.17, 15) is 5.26 Å². The van der Waals surface area contributed by atoms with Crippen LogP contribution in [-0.4, -0.2) is 24.6 Å². The van der Waals surface area contributed by atoms with Gasteiger partial charge in [0, 0.05) is 27.6 Å². The summed E-state index contributed by atoms with van der Waals surface area (Å²) >= 11 is 6.25. The number of pyridine rings is 1. The highest BCUT2D eigenvalue weighted by Crippen LogP contribution is 2.50. The summed E-state index contributed by atoms with van der Waals surface area (Å²) in [6.45, 7) is 1.96. The van der Waals surface area contributed by atoms with Crippen LogP contribution in [0.4, 0.5) is 0 Å². The average molecular weight is 527 g/mol. The first kappa shape index (κ1) is 23.1. The molecule has 4 heterocycles. The first-order valence-electron chi connectivity index (χ1n) is 12.3. The molecule has 1 aliphatic heterocycles. The van der Waals surface area contributed by atoms with Crippen molar-refractivity contribution in [3.8, 4) is 17.7 Å². The van der Waals surface area contributed by atoms with Gasteiger partial charge in [-0.15, -0.1) is 5.10 Å². The van der Waals surface area contributed by atoms with E-state index in [1.807, 2.05) is 73.7 Å². The summed E-state index contributed by atoms with van der Waals surface area (Å²) < 4.78 is 8.06. The van der Waals surface area contributed by atoms with Crippen molar-refractivity contribution in [3.05, 3.63) is 124 Å². The third kappa shape index (κ3) is 3.90. The van der Waals surface area contributed by atoms with Gasteiger partial charge in [0.1, 0.15) is 17.9 Å². The first-order valence-corrected chi connectivity index (χ1v) is 12.7. The van der Waals surface area contributed by atoms with Crippen molar-refractivity contribution in [1.82, 2.24) is 24.6 Å². The molecule has 3 aromatic heterocycles. The smallest absolute Gasteiger partial charge is 0.228 e. The van der Waals surface area contributed by atoms with Gasteiger partial charge in [-0.2, -0.15) is 5.26 Å². The Kier molecular flexibility index (Phi) is 5.36. The predicted octanol–water partition coefficient (Wildman–Crippen LogP) is 6.98. The van der Waals surface area contributed by atoms with Crippen LogP contribution in [-0.2, 0) is 0 Å². The zero-order valence-corrected chi connectivity index (χ0v) is 21.5. The molecule has 0 radical (unpaired) electrons. The van der Waals surface area contributed by atoms with E-state index < -0.39 is 0 Å². The maximum atomic E-state index is 9.95. The number of aryl methyl sites for hydroxylation is 1. The summed E-state index contributed by atoms with van der Waals surface area (Å²) in [6.07, 6.45) is 3.34. The SMILES string of the molecule is Cc1ccc2ccc3c(c2n1)Oc1ncn2nc(/C(C#N)=C/c4ccccc4)nc2c1C3c1ccc(Cl)cc1. The fourth-order valence-electron chi connectivity index (χ4n) is 5.03. The number of hydrogen-bond donors (Lipinski definition) is 0. The summed E-state index contributed by atoms with van der Waals surface area (Å²) in [5.41, 5.74) is 6.17. The molecule has 0 saturated carbocycles. The second-order valence-corrected chi connectivity index (χ2v) is 9.78. The quantitative estimate of drug-likeness (QED) is 0.231. The molecule has 1 atom stereocenters. The maximum Gasteiger partial charge on any atom is 0.228 e. The normalized spacial score (nSPS) is 14.5. The van der Waals surface area contributed by atoms with E-state index in [4.69, 9.17) is 26.3 Å². The number of ether oxygens (including phenoxy) is 1. The van der Waals surface area contributed by atoms with E-state index in [2.05, 4.69) is 28.3 Å². The average Bonchev–Trinajstić information content (AvgIpc) is 3.40. The van der Waals surface area contributed by atoms with E-state index in [-0.39, 0.29) is 5.92 Å². The Hall–Kier alpha value is -5.06. The van der Waals surface area contributed by atoms with Crippen LogP contribution in [0.15, 0.2) is 85.2 Å². The van der Waals surface area contributed by atoms with Crippen molar-refractivity contribution in [2.75, 3.05) is 0 Å². The molecule has 0 aliphatic carbocycles. The van der Waals surface area contributed by atoms with Gasteiger partial charge in [-0.25, -0.2) is 19.5 Å². The van der Waals surface area contributed by atoms with Crippen LogP contribution in [0.5, 0.6) is 11.6 Å². The van der Waals surface area contributed by atoms with E-state index in [0.29, 0.717) is 33.7 Å². The van der Waals surface area contributed by atoms with E-state index in [1.165, 1.54) is 0 Å². The van der Waals surface area contributed by atoms with E-state index in [0.717, 1.165) is 38.9 Å². The number of aromatic nitrogens is 5. The number of hydrogen-bond acceptors (Lipinski definition) is 6. The van der Waals surface area contributed by atoms with Gasteiger partial charge < -0.3 is 4.74 Å². The third-order valence-electron chi connectivity index (χ3n) is 6.85. The highest BCUT2D eigenvalue weighted by molar-refractivity contribution is 6.30. The lowest BCUT2D eigenvalue weighted by Crippen LogP contribution is -2.15. The number of nitriles is 1. The Labute approximate surface area is 228 Å². The molecule has 1 unspecified atom stereocenters. The van der Waals surface area contributed by atoms with Gasteiger partial charge in [0.2, 0.25) is 5.88 Å². The number of allylic oxidation sites excluding steroid dienone is 1. The van der Waals surface area contributed by atoms with Crippen molar-refractivity contribution in [2.24, 2.45) is 0 Å². The lowest BCUT2D eigenvalue weighted by atomic mass is 9.83. The maximum absolute atomic E-state index is 9.95. The van der Waals surface area contributed by atoms with Crippen LogP contribution in [0.1, 0.15) is 39.7 Å². The molecule has 0 bridgehead atoms. The fraction of sp³-hybridized carbons (Fsp3) is 0.0645. The number of halogens is 1. The lowest BCUT2D eigenvalue weighted by molar-refractivity contribution is 0.436. The summed E-state index contributed by atoms with van der Waals surface area (Å²) in [6, 6.07) is 27.7. The molecule has 0 spiro atoms. The Morgan fingerprint density at radius 1 is 1.00 bits per heavy atom. The molecule has 7 rings (SSSR count). The molecule has 7 nitrogen and oxygen atoms in total. The third-order valence-corrected chi connectivity index (χ3v) is 7.10. The van der Waals surface area contributed by atoms with Crippen molar-refractivity contribution in [2.45, 2.75) is 12.8 Å². The fourth-order valence-corrected chi connectivity index (χ4v) is 5.16. The zero-order chi connectivity index (χ0) is 26.5.